The van der Waals surface area contributed by atoms with Crippen LogP contribution >= 0.6 is 0 Å². The van der Waals surface area contributed by atoms with Crippen LogP contribution in [0.15, 0.2) is 39.5 Å². The number of phenols is 1. The maximum absolute atomic E-state index is 12.0. The van der Waals surface area contributed by atoms with Crippen molar-refractivity contribution in [2.24, 2.45) is 0 Å². The molecule has 0 amide bonds. The lowest BCUT2D eigenvalue weighted by molar-refractivity contribution is 0.478. The number of benzene rings is 2. The van der Waals surface area contributed by atoms with Crippen molar-refractivity contribution >= 4 is 27.4 Å². The smallest absolute Gasteiger partial charge is 0.346 e. The van der Waals surface area contributed by atoms with Gasteiger partial charge in [0.1, 0.15) is 11.3 Å². The molecule has 2 aromatic carbocycles. The number of hydrogen-bond acceptors (Lipinski definition) is 4. The molecule has 0 aliphatic carbocycles. The third-order valence-electron chi connectivity index (χ3n) is 3.37. The molecule has 0 saturated carbocycles. The van der Waals surface area contributed by atoms with Crippen molar-refractivity contribution in [3.8, 4) is 5.75 Å². The number of phenolic OH excluding ortho intramolecular Hbond substituents is 1. The van der Waals surface area contributed by atoms with Gasteiger partial charge in [-0.05, 0) is 36.2 Å². The average Bonchev–Trinajstić information content (AvgIpc) is 2.42. The number of aryl methyl sites for hydroxylation is 1. The molecule has 0 saturated heterocycles. The summed E-state index contributed by atoms with van der Waals surface area (Å²) in [5.74, 6) is -0.106. The Morgan fingerprint density at radius 2 is 2.00 bits per heavy atom. The van der Waals surface area contributed by atoms with E-state index in [0.717, 1.165) is 17.4 Å². The number of hydrogen-bond donors (Lipinski definition) is 2. The van der Waals surface area contributed by atoms with Crippen molar-refractivity contribution in [1.82, 2.24) is 0 Å². The van der Waals surface area contributed by atoms with E-state index in [1.54, 1.807) is 12.1 Å². The first kappa shape index (κ1) is 11.6. The van der Waals surface area contributed by atoms with Crippen molar-refractivity contribution in [2.45, 2.75) is 13.3 Å². The highest BCUT2D eigenvalue weighted by Gasteiger charge is 2.12. The molecule has 0 radical (unpaired) electrons. The van der Waals surface area contributed by atoms with Crippen LogP contribution in [0, 0.1) is 0 Å². The lowest BCUT2D eigenvalue weighted by atomic mass is 10.0. The van der Waals surface area contributed by atoms with E-state index in [-0.39, 0.29) is 16.8 Å². The summed E-state index contributed by atoms with van der Waals surface area (Å²) in [5, 5.41) is 11.4. The van der Waals surface area contributed by atoms with Gasteiger partial charge in [0.25, 0.3) is 0 Å². The van der Waals surface area contributed by atoms with E-state index in [0.29, 0.717) is 11.0 Å². The molecule has 0 aliphatic rings. The van der Waals surface area contributed by atoms with Gasteiger partial charge < -0.3 is 15.3 Å². The third-order valence-corrected chi connectivity index (χ3v) is 3.37. The van der Waals surface area contributed by atoms with Gasteiger partial charge in [0.05, 0.1) is 11.1 Å². The molecule has 4 nitrogen and oxygen atoms in total. The maximum Gasteiger partial charge on any atom is 0.346 e. The van der Waals surface area contributed by atoms with Crippen molar-refractivity contribution in [1.29, 1.82) is 0 Å². The number of nitrogen functional groups attached to an aromatic ring is 1. The molecule has 0 unspecified atom stereocenters. The summed E-state index contributed by atoms with van der Waals surface area (Å²) < 4.78 is 5.26. The molecular weight excluding hydrogens is 242 g/mol. The van der Waals surface area contributed by atoms with Crippen LogP contribution in [0.25, 0.3) is 21.7 Å². The molecule has 1 aromatic heterocycles. The summed E-state index contributed by atoms with van der Waals surface area (Å²) in [6.07, 6.45) is 0.893. The second-order valence-electron chi connectivity index (χ2n) is 4.49. The lowest BCUT2D eigenvalue weighted by Crippen LogP contribution is -2.03. The Morgan fingerprint density at radius 1 is 1.21 bits per heavy atom. The summed E-state index contributed by atoms with van der Waals surface area (Å²) in [6, 6.07) is 8.89. The molecule has 4 heteroatoms. The van der Waals surface area contributed by atoms with Crippen LogP contribution in [0.3, 0.4) is 0 Å². The number of nitrogens with two attached hydrogens (primary N) is 1. The summed E-state index contributed by atoms with van der Waals surface area (Å²) in [7, 11) is 0. The van der Waals surface area contributed by atoms with Crippen LogP contribution in [-0.2, 0) is 6.42 Å². The maximum atomic E-state index is 12.0. The molecule has 3 rings (SSSR count). The van der Waals surface area contributed by atoms with Gasteiger partial charge >= 0.3 is 5.63 Å². The van der Waals surface area contributed by atoms with E-state index in [1.165, 1.54) is 6.07 Å². The summed E-state index contributed by atoms with van der Waals surface area (Å²) in [6.45, 7) is 2.06. The zero-order valence-corrected chi connectivity index (χ0v) is 10.4. The van der Waals surface area contributed by atoms with Gasteiger partial charge in [0.2, 0.25) is 0 Å². The second-order valence-corrected chi connectivity index (χ2v) is 4.49. The molecule has 1 heterocycles. The number of aromatic hydroxyl groups is 1. The predicted molar refractivity (Wildman–Crippen MR) is 75.4 cm³/mol. The van der Waals surface area contributed by atoms with Crippen molar-refractivity contribution in [3.63, 3.8) is 0 Å². The first-order valence-corrected chi connectivity index (χ1v) is 6.08. The molecule has 3 aromatic rings. The van der Waals surface area contributed by atoms with Gasteiger partial charge in [-0.2, -0.15) is 0 Å². The van der Waals surface area contributed by atoms with E-state index >= 15 is 0 Å². The fraction of sp³-hybridized carbons (Fsp3) is 0.133. The zero-order valence-electron chi connectivity index (χ0n) is 10.4. The van der Waals surface area contributed by atoms with E-state index in [2.05, 4.69) is 6.92 Å². The Morgan fingerprint density at radius 3 is 2.74 bits per heavy atom. The van der Waals surface area contributed by atoms with Crippen LogP contribution in [0.1, 0.15) is 12.5 Å². The molecule has 0 bridgehead atoms. The van der Waals surface area contributed by atoms with E-state index in [4.69, 9.17) is 10.2 Å². The van der Waals surface area contributed by atoms with Crippen LogP contribution < -0.4 is 11.4 Å². The summed E-state index contributed by atoms with van der Waals surface area (Å²) >= 11 is 0. The highest BCUT2D eigenvalue weighted by Crippen LogP contribution is 2.32. The van der Waals surface area contributed by atoms with Crippen LogP contribution in [0.2, 0.25) is 0 Å². The second kappa shape index (κ2) is 4.02. The number of rotatable bonds is 1. The highest BCUT2D eigenvalue weighted by atomic mass is 16.4. The molecular formula is C15H13NO3. The molecule has 0 atom stereocenters. The van der Waals surface area contributed by atoms with Crippen LogP contribution in [0.5, 0.6) is 5.75 Å². The van der Waals surface area contributed by atoms with Gasteiger partial charge in [-0.15, -0.1) is 0 Å². The Balaban J connectivity index is 2.58. The van der Waals surface area contributed by atoms with Crippen molar-refractivity contribution in [2.75, 3.05) is 5.73 Å². The quantitative estimate of drug-likeness (QED) is 0.303. The Hall–Kier alpha value is -2.49. The average molecular weight is 255 g/mol. The first-order valence-electron chi connectivity index (χ1n) is 6.08. The van der Waals surface area contributed by atoms with Gasteiger partial charge in [-0.3, -0.25) is 0 Å². The topological polar surface area (TPSA) is 76.5 Å². The zero-order chi connectivity index (χ0) is 13.6. The van der Waals surface area contributed by atoms with Crippen LogP contribution in [0.4, 0.5) is 5.69 Å². The fourth-order valence-electron chi connectivity index (χ4n) is 2.30. The fourth-order valence-corrected chi connectivity index (χ4v) is 2.30. The minimum absolute atomic E-state index is 0.0649. The molecule has 96 valence electrons. The SMILES string of the molecule is CCc1ccc2oc(=O)c3c(N)c(O)ccc3c2c1. The summed E-state index contributed by atoms with van der Waals surface area (Å²) in [5.41, 5.74) is 6.98. The normalized spacial score (nSPS) is 11.2. The molecule has 0 spiro atoms. The van der Waals surface area contributed by atoms with E-state index in [9.17, 15) is 9.90 Å². The van der Waals surface area contributed by atoms with E-state index in [1.807, 2.05) is 12.1 Å². The minimum atomic E-state index is -0.528. The standard InChI is InChI=1S/C15H13NO3/c1-2-8-3-6-12-10(7-8)9-4-5-11(17)14(16)13(9)15(18)19-12/h3-7,17H,2,16H2,1H3. The predicted octanol–water partition coefficient (Wildman–Crippen LogP) is 2.80. The van der Waals surface area contributed by atoms with Crippen LogP contribution in [-0.4, -0.2) is 5.11 Å². The molecule has 19 heavy (non-hydrogen) atoms. The number of fused-ring (bicyclic) bond motifs is 3. The Labute approximate surface area is 109 Å². The molecule has 0 aliphatic heterocycles. The highest BCUT2D eigenvalue weighted by molar-refractivity contribution is 6.09. The van der Waals surface area contributed by atoms with Gasteiger partial charge in [-0.25, -0.2) is 4.79 Å². The van der Waals surface area contributed by atoms with E-state index < -0.39 is 5.63 Å². The van der Waals surface area contributed by atoms with Crippen molar-refractivity contribution < 1.29 is 9.52 Å². The largest absolute Gasteiger partial charge is 0.506 e. The van der Waals surface area contributed by atoms with Crippen molar-refractivity contribution in [3.05, 3.63) is 46.3 Å². The van der Waals surface area contributed by atoms with Gasteiger partial charge in [-0.1, -0.05) is 13.0 Å². The Bertz CT molecular complexity index is 849. The minimum Gasteiger partial charge on any atom is -0.506 e. The number of anilines is 1. The first-order chi connectivity index (χ1) is 9.11. The third kappa shape index (κ3) is 1.64. The lowest BCUT2D eigenvalue weighted by Gasteiger charge is -2.07. The Kier molecular flexibility index (Phi) is 2.45. The molecule has 3 N–H and O–H groups in total. The monoisotopic (exact) mass is 255 g/mol. The van der Waals surface area contributed by atoms with Gasteiger partial charge in [0, 0.05) is 10.8 Å². The summed E-state index contributed by atoms with van der Waals surface area (Å²) in [4.78, 5) is 12.0. The van der Waals surface area contributed by atoms with Gasteiger partial charge in [0.15, 0.2) is 0 Å². The molecule has 0 fully saturated rings.